The molecule has 170 valence electrons. The number of aldehydes is 1. The molecule has 0 atom stereocenters. The molecule has 0 bridgehead atoms. The van der Waals surface area contributed by atoms with Crippen molar-refractivity contribution in [1.82, 2.24) is 10.3 Å². The molecule has 1 heterocycles. The Morgan fingerprint density at radius 2 is 1.90 bits per heavy atom. The van der Waals surface area contributed by atoms with Crippen LogP contribution in [0.25, 0.3) is 17.3 Å². The van der Waals surface area contributed by atoms with Crippen LogP contribution in [0.2, 0.25) is 0 Å². The summed E-state index contributed by atoms with van der Waals surface area (Å²) in [6.45, 7) is 10.9. The molecular formula is C25H37FN4O. The first-order valence-corrected chi connectivity index (χ1v) is 10.8. The highest BCUT2D eigenvalue weighted by molar-refractivity contribution is 6.15. The van der Waals surface area contributed by atoms with Gasteiger partial charge in [0.1, 0.15) is 5.82 Å². The maximum atomic E-state index is 13.4. The number of allylic oxidation sites excluding steroid dienone is 1. The minimum Gasteiger partial charge on any atom is -0.399 e. The third-order valence-corrected chi connectivity index (χ3v) is 5.08. The second kappa shape index (κ2) is 13.4. The van der Waals surface area contributed by atoms with Gasteiger partial charge in [-0.1, -0.05) is 39.2 Å². The molecular weight excluding hydrogens is 391 g/mol. The van der Waals surface area contributed by atoms with E-state index in [9.17, 15) is 9.18 Å². The first-order valence-electron chi connectivity index (χ1n) is 10.8. The zero-order valence-corrected chi connectivity index (χ0v) is 19.3. The Bertz CT molecular complexity index is 893. The number of nitrogens with one attached hydrogen (secondary N) is 2. The number of halogens is 1. The van der Waals surface area contributed by atoms with Gasteiger partial charge in [0.05, 0.1) is 0 Å². The smallest absolute Gasteiger partial charge is 0.150 e. The Kier molecular flexibility index (Phi) is 11.4. The van der Waals surface area contributed by atoms with Crippen LogP contribution in [-0.4, -0.2) is 24.9 Å². The lowest BCUT2D eigenvalue weighted by molar-refractivity contribution is -0.103. The molecule has 2 aromatic rings. The summed E-state index contributed by atoms with van der Waals surface area (Å²) in [4.78, 5) is 14.6. The highest BCUT2D eigenvalue weighted by atomic mass is 19.1. The number of hydrogen-bond donors (Lipinski definition) is 4. The molecule has 2 rings (SSSR count). The van der Waals surface area contributed by atoms with Crippen LogP contribution < -0.4 is 16.8 Å². The molecule has 6 heteroatoms. The Morgan fingerprint density at radius 3 is 2.45 bits per heavy atom. The number of hydrogen-bond acceptors (Lipinski definition) is 4. The van der Waals surface area contributed by atoms with Crippen LogP contribution in [0.1, 0.15) is 67.1 Å². The maximum Gasteiger partial charge on any atom is 0.150 e. The first-order chi connectivity index (χ1) is 14.8. The van der Waals surface area contributed by atoms with Crippen LogP contribution >= 0.6 is 0 Å². The summed E-state index contributed by atoms with van der Waals surface area (Å²) in [5, 5.41) is 3.14. The van der Waals surface area contributed by atoms with Crippen molar-refractivity contribution in [2.45, 2.75) is 52.9 Å². The van der Waals surface area contributed by atoms with Gasteiger partial charge >= 0.3 is 0 Å². The van der Waals surface area contributed by atoms with E-state index in [1.807, 2.05) is 20.9 Å². The number of nitrogens with two attached hydrogens (primary N) is 2. The van der Waals surface area contributed by atoms with Gasteiger partial charge in [0.2, 0.25) is 0 Å². The molecule has 0 spiro atoms. The third-order valence-electron chi connectivity index (χ3n) is 5.08. The number of nitrogen functional groups attached to an aromatic ring is 1. The van der Waals surface area contributed by atoms with Crippen molar-refractivity contribution in [3.8, 4) is 0 Å². The second-order valence-electron chi connectivity index (χ2n) is 7.66. The quantitative estimate of drug-likeness (QED) is 0.181. The number of anilines is 1. The van der Waals surface area contributed by atoms with Gasteiger partial charge in [-0.3, -0.25) is 4.79 Å². The molecule has 0 fully saturated rings. The van der Waals surface area contributed by atoms with Crippen LogP contribution in [0.5, 0.6) is 0 Å². The normalized spacial score (nSPS) is 11.1. The lowest BCUT2D eigenvalue weighted by atomic mass is 10.0. The summed E-state index contributed by atoms with van der Waals surface area (Å²) in [7, 11) is 2.01. The average Bonchev–Trinajstić information content (AvgIpc) is 3.01. The van der Waals surface area contributed by atoms with E-state index in [1.54, 1.807) is 6.08 Å². The van der Waals surface area contributed by atoms with Crippen molar-refractivity contribution >= 4 is 29.3 Å². The van der Waals surface area contributed by atoms with Crippen molar-refractivity contribution in [3.63, 3.8) is 0 Å². The monoisotopic (exact) mass is 428 g/mol. The van der Waals surface area contributed by atoms with Gasteiger partial charge in [0.25, 0.3) is 0 Å². The van der Waals surface area contributed by atoms with Crippen molar-refractivity contribution in [1.29, 1.82) is 0 Å². The lowest BCUT2D eigenvalue weighted by Crippen LogP contribution is -2.06. The number of benzene rings is 1. The summed E-state index contributed by atoms with van der Waals surface area (Å²) < 4.78 is 13.4. The average molecular weight is 429 g/mol. The fraction of sp³-hybridized carbons (Fsp3) is 0.400. The Balaban J connectivity index is 0.000000452. The summed E-state index contributed by atoms with van der Waals surface area (Å²) in [6.07, 6.45) is 9.19. The Morgan fingerprint density at radius 1 is 1.23 bits per heavy atom. The second-order valence-corrected chi connectivity index (χ2v) is 7.66. The van der Waals surface area contributed by atoms with Gasteiger partial charge in [-0.2, -0.15) is 0 Å². The highest BCUT2D eigenvalue weighted by Crippen LogP contribution is 2.27. The van der Waals surface area contributed by atoms with E-state index in [0.717, 1.165) is 16.8 Å². The number of unbranched alkanes of at least 4 members (excludes halogenated alkanes) is 4. The largest absolute Gasteiger partial charge is 0.399 e. The van der Waals surface area contributed by atoms with Crippen LogP contribution in [0.15, 0.2) is 24.8 Å². The molecule has 0 amide bonds. The molecule has 31 heavy (non-hydrogen) atoms. The maximum absolute atomic E-state index is 13.4. The van der Waals surface area contributed by atoms with E-state index in [4.69, 9.17) is 11.5 Å². The molecule has 5 nitrogen and oxygen atoms in total. The van der Waals surface area contributed by atoms with Crippen LogP contribution in [0.4, 0.5) is 10.1 Å². The van der Waals surface area contributed by atoms with E-state index in [-0.39, 0.29) is 5.57 Å². The minimum atomic E-state index is -0.452. The Labute approximate surface area is 185 Å². The number of aromatic nitrogens is 1. The fourth-order valence-electron chi connectivity index (χ4n) is 3.41. The molecule has 0 saturated heterocycles. The molecule has 1 aromatic heterocycles. The van der Waals surface area contributed by atoms with Crippen molar-refractivity contribution in [3.05, 3.63) is 58.7 Å². The number of aryl methyl sites for hydroxylation is 1. The van der Waals surface area contributed by atoms with Crippen molar-refractivity contribution in [2.75, 3.05) is 19.3 Å². The molecule has 0 aliphatic carbocycles. The minimum absolute atomic E-state index is 0.288. The predicted molar refractivity (Wildman–Crippen MR) is 131 cm³/mol. The molecule has 6 N–H and O–H groups in total. The summed E-state index contributed by atoms with van der Waals surface area (Å²) >= 11 is 0. The van der Waals surface area contributed by atoms with Crippen LogP contribution in [-0.2, 0) is 4.79 Å². The van der Waals surface area contributed by atoms with Crippen LogP contribution in [0, 0.1) is 19.7 Å². The Hall–Kier alpha value is -2.86. The number of carbonyl (C=O) groups excluding carboxylic acids is 1. The molecule has 0 aliphatic heterocycles. The molecule has 1 aromatic carbocycles. The predicted octanol–water partition coefficient (Wildman–Crippen LogP) is 5.20. The van der Waals surface area contributed by atoms with Crippen molar-refractivity contribution in [2.24, 2.45) is 5.73 Å². The van der Waals surface area contributed by atoms with Gasteiger partial charge in [0.15, 0.2) is 6.29 Å². The molecule has 0 aliphatic rings. The highest BCUT2D eigenvalue weighted by Gasteiger charge is 2.13. The topological polar surface area (TPSA) is 96.9 Å². The summed E-state index contributed by atoms with van der Waals surface area (Å²) in [5.41, 5.74) is 16.3. The van der Waals surface area contributed by atoms with Gasteiger partial charge in [-0.15, -0.1) is 0 Å². The van der Waals surface area contributed by atoms with E-state index in [2.05, 4.69) is 23.8 Å². The number of rotatable bonds is 10. The van der Waals surface area contributed by atoms with Crippen molar-refractivity contribution < 1.29 is 9.18 Å². The summed E-state index contributed by atoms with van der Waals surface area (Å²) in [6, 6.07) is 3.92. The third kappa shape index (κ3) is 8.06. The van der Waals surface area contributed by atoms with Gasteiger partial charge < -0.3 is 21.8 Å². The number of H-pyrrole nitrogens is 1. The SMILES string of the molecule is C=C(N)c1c(C)[nH]c(/C=C(\C=O)c2cc(F)ccc2N)c1C.CCCCCCCNC. The first kappa shape index (κ1) is 26.2. The van der Waals surface area contributed by atoms with Gasteiger partial charge in [0, 0.05) is 39.5 Å². The zero-order valence-electron chi connectivity index (χ0n) is 19.3. The van der Waals surface area contributed by atoms with Gasteiger partial charge in [-0.25, -0.2) is 4.39 Å². The standard InChI is InChI=1S/C17H18FN3O.C8H19N/c1-9-16(21-11(3)17(9)10(2)19)6-12(8-22)14-7-13(18)4-5-15(14)20;1-3-4-5-6-7-8-9-2/h4-8,21H,2,19-20H2,1,3H3;9H,3-8H2,1-2H3/b12-6+;. The lowest BCUT2D eigenvalue weighted by Gasteiger charge is -2.05. The van der Waals surface area contributed by atoms with Crippen LogP contribution in [0.3, 0.4) is 0 Å². The van der Waals surface area contributed by atoms with Gasteiger partial charge in [-0.05, 0) is 63.7 Å². The van der Waals surface area contributed by atoms with E-state index >= 15 is 0 Å². The summed E-state index contributed by atoms with van der Waals surface area (Å²) in [5.74, 6) is -0.452. The fourth-order valence-corrected chi connectivity index (χ4v) is 3.41. The molecule has 0 unspecified atom stereocenters. The molecule has 0 radical (unpaired) electrons. The zero-order chi connectivity index (χ0) is 23.4. The molecule has 0 saturated carbocycles. The van der Waals surface area contributed by atoms with E-state index in [0.29, 0.717) is 28.9 Å². The van der Waals surface area contributed by atoms with E-state index in [1.165, 1.54) is 56.8 Å². The number of carbonyl (C=O) groups is 1. The van der Waals surface area contributed by atoms with E-state index < -0.39 is 5.82 Å². The number of aromatic amines is 1.